The first-order valence-corrected chi connectivity index (χ1v) is 11.6. The summed E-state index contributed by atoms with van der Waals surface area (Å²) in [5.74, 6) is 0.259. The molecule has 0 atom stereocenters. The fourth-order valence-electron chi connectivity index (χ4n) is 4.72. The smallest absolute Gasteiger partial charge is 0.370 e. The summed E-state index contributed by atoms with van der Waals surface area (Å²) in [7, 11) is 0. The Hall–Kier alpha value is -3.37. The van der Waals surface area contributed by atoms with E-state index in [4.69, 9.17) is 0 Å². The van der Waals surface area contributed by atoms with E-state index in [1.54, 1.807) is 4.52 Å². The molecule has 2 aromatic heterocycles. The largest absolute Gasteiger partial charge is 0.416 e. The second-order valence-corrected chi connectivity index (χ2v) is 8.85. The van der Waals surface area contributed by atoms with Crippen molar-refractivity contribution in [2.45, 2.75) is 38.3 Å². The minimum atomic E-state index is -4.47. The van der Waals surface area contributed by atoms with Gasteiger partial charge in [-0.25, -0.2) is 0 Å². The molecule has 5 rings (SSSR count). The number of fused-ring (bicyclic) bond motifs is 1. The van der Waals surface area contributed by atoms with Gasteiger partial charge in [-0.15, -0.1) is 15.3 Å². The first-order chi connectivity index (χ1) is 16.4. The summed E-state index contributed by atoms with van der Waals surface area (Å²) in [6.07, 6.45) is 1.33. The van der Waals surface area contributed by atoms with Crippen LogP contribution in [-0.4, -0.2) is 51.9 Å². The monoisotopic (exact) mass is 473 g/mol. The first-order valence-electron chi connectivity index (χ1n) is 11.6. The van der Waals surface area contributed by atoms with Crippen LogP contribution in [0.5, 0.6) is 0 Å². The Morgan fingerprint density at radius 3 is 2.47 bits per heavy atom. The molecule has 1 amide bonds. The van der Waals surface area contributed by atoms with Crippen LogP contribution >= 0.6 is 0 Å². The molecule has 1 aromatic carbocycles. The average Bonchev–Trinajstić information content (AvgIpc) is 3.32. The van der Waals surface area contributed by atoms with Gasteiger partial charge in [-0.05, 0) is 62.4 Å². The zero-order valence-corrected chi connectivity index (χ0v) is 18.6. The minimum Gasteiger partial charge on any atom is -0.370 e. The Labute approximate surface area is 194 Å². The molecule has 180 valence electrons. The average molecular weight is 474 g/mol. The lowest BCUT2D eigenvalue weighted by Crippen LogP contribution is -2.39. The number of piperidine rings is 2. The molecule has 3 aromatic rings. The van der Waals surface area contributed by atoms with Crippen molar-refractivity contribution >= 4 is 28.7 Å². The van der Waals surface area contributed by atoms with Gasteiger partial charge in [-0.1, -0.05) is 0 Å². The van der Waals surface area contributed by atoms with Gasteiger partial charge >= 0.3 is 6.18 Å². The number of aromatic nitrogens is 4. The molecule has 2 fully saturated rings. The summed E-state index contributed by atoms with van der Waals surface area (Å²) in [6.45, 7) is 2.80. The standard InChI is InChI=1S/C23H26F3N7O/c24-23(25,26)17-4-5-19(31-10-2-1-3-11-31)18(14-17)28-22(34)16-8-12-32(13-9-16)21-7-6-20-29-27-15-33(20)30-21/h4-7,14-16H,1-3,8-13H2,(H,28,34). The summed E-state index contributed by atoms with van der Waals surface area (Å²) in [6, 6.07) is 7.36. The highest BCUT2D eigenvalue weighted by Crippen LogP contribution is 2.37. The van der Waals surface area contributed by atoms with Crippen molar-refractivity contribution in [2.24, 2.45) is 5.92 Å². The van der Waals surface area contributed by atoms with E-state index in [0.717, 1.165) is 50.3 Å². The van der Waals surface area contributed by atoms with Crippen LogP contribution in [0.3, 0.4) is 0 Å². The van der Waals surface area contributed by atoms with Gasteiger partial charge in [0.1, 0.15) is 12.1 Å². The first kappa shape index (κ1) is 22.4. The van der Waals surface area contributed by atoms with Gasteiger partial charge in [0.2, 0.25) is 5.91 Å². The molecule has 0 bridgehead atoms. The molecule has 11 heteroatoms. The number of rotatable bonds is 4. The van der Waals surface area contributed by atoms with Crippen molar-refractivity contribution in [3.63, 3.8) is 0 Å². The van der Waals surface area contributed by atoms with Gasteiger partial charge in [0.25, 0.3) is 0 Å². The number of anilines is 3. The van der Waals surface area contributed by atoms with Crippen LogP contribution < -0.4 is 15.1 Å². The number of amides is 1. The number of nitrogens with zero attached hydrogens (tertiary/aromatic N) is 6. The molecule has 2 aliphatic rings. The number of carbonyl (C=O) groups excluding carboxylic acids is 1. The quantitative estimate of drug-likeness (QED) is 0.618. The normalized spacial score (nSPS) is 17.9. The van der Waals surface area contributed by atoms with E-state index in [9.17, 15) is 18.0 Å². The van der Waals surface area contributed by atoms with Gasteiger partial charge in [0.15, 0.2) is 5.65 Å². The molecule has 34 heavy (non-hydrogen) atoms. The molecule has 2 saturated heterocycles. The Morgan fingerprint density at radius 1 is 0.971 bits per heavy atom. The maximum atomic E-state index is 13.4. The van der Waals surface area contributed by atoms with Crippen LogP contribution in [0.4, 0.5) is 30.4 Å². The van der Waals surface area contributed by atoms with Crippen molar-refractivity contribution in [1.29, 1.82) is 0 Å². The summed E-state index contributed by atoms with van der Waals surface area (Å²) >= 11 is 0. The molecular formula is C23H26F3N7O. The fraction of sp³-hybridized carbons (Fsp3) is 0.478. The molecule has 0 saturated carbocycles. The van der Waals surface area contributed by atoms with Crippen molar-refractivity contribution in [3.8, 4) is 0 Å². The van der Waals surface area contributed by atoms with E-state index in [2.05, 4.69) is 30.4 Å². The number of nitrogens with one attached hydrogen (secondary N) is 1. The van der Waals surface area contributed by atoms with E-state index >= 15 is 0 Å². The second-order valence-electron chi connectivity index (χ2n) is 8.85. The molecule has 0 unspecified atom stereocenters. The topological polar surface area (TPSA) is 78.7 Å². The van der Waals surface area contributed by atoms with Crippen LogP contribution in [0.15, 0.2) is 36.7 Å². The molecule has 1 N–H and O–H groups in total. The third-order valence-corrected chi connectivity index (χ3v) is 6.62. The Kier molecular flexibility index (Phi) is 6.01. The Bertz CT molecular complexity index is 1160. The number of halogens is 3. The zero-order chi connectivity index (χ0) is 23.7. The van der Waals surface area contributed by atoms with Crippen LogP contribution in [0.1, 0.15) is 37.7 Å². The highest BCUT2D eigenvalue weighted by Gasteiger charge is 2.33. The molecule has 0 spiro atoms. The summed E-state index contributed by atoms with van der Waals surface area (Å²) in [5.41, 5.74) is 0.797. The second kappa shape index (κ2) is 9.11. The van der Waals surface area contributed by atoms with Crippen LogP contribution in [0, 0.1) is 5.92 Å². The van der Waals surface area contributed by atoms with Crippen molar-refractivity contribution in [1.82, 2.24) is 19.8 Å². The number of benzene rings is 1. The Balaban J connectivity index is 1.28. The van der Waals surface area contributed by atoms with E-state index < -0.39 is 11.7 Å². The van der Waals surface area contributed by atoms with Gasteiger partial charge in [-0.3, -0.25) is 4.79 Å². The predicted molar refractivity (Wildman–Crippen MR) is 122 cm³/mol. The fourth-order valence-corrected chi connectivity index (χ4v) is 4.72. The maximum Gasteiger partial charge on any atom is 0.416 e. The lowest BCUT2D eigenvalue weighted by Gasteiger charge is -2.33. The van der Waals surface area contributed by atoms with Crippen molar-refractivity contribution < 1.29 is 18.0 Å². The number of alkyl halides is 3. The van der Waals surface area contributed by atoms with Crippen molar-refractivity contribution in [2.75, 3.05) is 41.3 Å². The molecule has 4 heterocycles. The molecular weight excluding hydrogens is 447 g/mol. The van der Waals surface area contributed by atoms with Gasteiger partial charge < -0.3 is 15.1 Å². The zero-order valence-electron chi connectivity index (χ0n) is 18.6. The SMILES string of the molecule is O=C(Nc1cc(C(F)(F)F)ccc1N1CCCCC1)C1CCN(c2ccc3nncn3n2)CC1. The van der Waals surface area contributed by atoms with Crippen molar-refractivity contribution in [3.05, 3.63) is 42.2 Å². The minimum absolute atomic E-state index is 0.237. The Morgan fingerprint density at radius 2 is 1.74 bits per heavy atom. The van der Waals surface area contributed by atoms with E-state index in [1.807, 2.05) is 12.1 Å². The summed E-state index contributed by atoms with van der Waals surface area (Å²) < 4.78 is 41.7. The third-order valence-electron chi connectivity index (χ3n) is 6.62. The van der Waals surface area contributed by atoms with Crippen LogP contribution in [0.25, 0.3) is 5.65 Å². The lowest BCUT2D eigenvalue weighted by atomic mass is 9.95. The highest BCUT2D eigenvalue weighted by atomic mass is 19.4. The van der Waals surface area contributed by atoms with Gasteiger partial charge in [0, 0.05) is 32.1 Å². The van der Waals surface area contributed by atoms with Gasteiger partial charge in [-0.2, -0.15) is 17.7 Å². The summed E-state index contributed by atoms with van der Waals surface area (Å²) in [5, 5.41) is 15.1. The maximum absolute atomic E-state index is 13.4. The molecule has 8 nitrogen and oxygen atoms in total. The highest BCUT2D eigenvalue weighted by molar-refractivity contribution is 5.96. The summed E-state index contributed by atoms with van der Waals surface area (Å²) in [4.78, 5) is 17.2. The molecule has 0 aliphatic carbocycles. The number of carbonyl (C=O) groups is 1. The van der Waals surface area contributed by atoms with E-state index in [-0.39, 0.29) is 17.5 Å². The predicted octanol–water partition coefficient (Wildman–Crippen LogP) is 3.99. The number of hydrogen-bond acceptors (Lipinski definition) is 6. The van der Waals surface area contributed by atoms with Crippen LogP contribution in [-0.2, 0) is 11.0 Å². The van der Waals surface area contributed by atoms with E-state index in [0.29, 0.717) is 37.3 Å². The molecule has 2 aliphatic heterocycles. The van der Waals surface area contributed by atoms with Crippen LogP contribution in [0.2, 0.25) is 0 Å². The number of hydrogen-bond donors (Lipinski definition) is 1. The third kappa shape index (κ3) is 4.64. The van der Waals surface area contributed by atoms with E-state index in [1.165, 1.54) is 12.4 Å². The molecule has 0 radical (unpaired) electrons. The van der Waals surface area contributed by atoms with Gasteiger partial charge in [0.05, 0.1) is 16.9 Å². The lowest BCUT2D eigenvalue weighted by molar-refractivity contribution is -0.137.